The molecule has 1 N–H and O–H groups in total. The lowest BCUT2D eigenvalue weighted by Crippen LogP contribution is -1.93. The van der Waals surface area contributed by atoms with E-state index in [4.69, 9.17) is 5.11 Å². The Hall–Kier alpha value is -0.790. The van der Waals surface area contributed by atoms with Crippen molar-refractivity contribution in [1.82, 2.24) is 0 Å². The summed E-state index contributed by atoms with van der Waals surface area (Å²) in [6.07, 6.45) is 27.1. The van der Waals surface area contributed by atoms with Crippen LogP contribution in [0.4, 0.5) is 0 Å². The van der Waals surface area contributed by atoms with Gasteiger partial charge < -0.3 is 5.11 Å². The maximum absolute atomic E-state index is 10.4. The van der Waals surface area contributed by atoms with Crippen molar-refractivity contribution in [3.05, 3.63) is 12.2 Å². The monoisotopic (exact) mass is 338 g/mol. The van der Waals surface area contributed by atoms with Gasteiger partial charge >= 0.3 is 5.97 Å². The minimum absolute atomic E-state index is 0.322. The molecule has 0 fully saturated rings. The van der Waals surface area contributed by atoms with Crippen LogP contribution >= 0.6 is 0 Å². The summed E-state index contributed by atoms with van der Waals surface area (Å²) < 4.78 is 0. The zero-order valence-electron chi connectivity index (χ0n) is 16.2. The molecule has 0 spiro atoms. The molecular formula is C22H42O2. The number of hydrogen-bond acceptors (Lipinski definition) is 1. The SMILES string of the molecule is CCCCCCCCCCCCCCC=CCCCCCC(=O)O. The van der Waals surface area contributed by atoms with Gasteiger partial charge in [-0.15, -0.1) is 0 Å². The Kier molecular flexibility index (Phi) is 19.6. The molecule has 24 heavy (non-hydrogen) atoms. The number of hydrogen-bond donors (Lipinski definition) is 1. The summed E-state index contributed by atoms with van der Waals surface area (Å²) in [6.45, 7) is 2.28. The van der Waals surface area contributed by atoms with E-state index >= 15 is 0 Å². The topological polar surface area (TPSA) is 37.3 Å². The molecule has 2 nitrogen and oxygen atoms in total. The minimum atomic E-state index is -0.669. The number of carbonyl (C=O) groups is 1. The van der Waals surface area contributed by atoms with E-state index < -0.39 is 5.97 Å². The Bertz CT molecular complexity index is 284. The Morgan fingerprint density at radius 2 is 1.00 bits per heavy atom. The van der Waals surface area contributed by atoms with E-state index in [1.165, 1.54) is 83.5 Å². The van der Waals surface area contributed by atoms with Crippen molar-refractivity contribution < 1.29 is 9.90 Å². The molecule has 0 heterocycles. The van der Waals surface area contributed by atoms with E-state index in [1.54, 1.807) is 0 Å². The standard InChI is InChI=1S/C22H42O2/c1-2-3-4-5-6-7-8-9-10-11-12-13-14-15-16-17-18-19-20-21-22(23)24/h15-16H,2-14,17-21H2,1H3,(H,23,24). The number of aliphatic carboxylic acids is 1. The van der Waals surface area contributed by atoms with Gasteiger partial charge in [-0.2, -0.15) is 0 Å². The Morgan fingerprint density at radius 3 is 1.42 bits per heavy atom. The van der Waals surface area contributed by atoms with Gasteiger partial charge in [-0.05, 0) is 32.1 Å². The zero-order valence-corrected chi connectivity index (χ0v) is 16.2. The van der Waals surface area contributed by atoms with Gasteiger partial charge in [0.15, 0.2) is 0 Å². The molecule has 0 radical (unpaired) electrons. The third kappa shape index (κ3) is 21.2. The van der Waals surface area contributed by atoms with Gasteiger partial charge in [0.1, 0.15) is 0 Å². The molecule has 0 aliphatic heterocycles. The molecule has 0 unspecified atom stereocenters. The highest BCUT2D eigenvalue weighted by Gasteiger charge is 1.95. The number of unbranched alkanes of at least 4 members (excludes halogenated alkanes) is 15. The van der Waals surface area contributed by atoms with E-state index in [1.807, 2.05) is 0 Å². The van der Waals surface area contributed by atoms with Crippen molar-refractivity contribution in [2.75, 3.05) is 0 Å². The molecule has 0 saturated heterocycles. The van der Waals surface area contributed by atoms with Crippen LogP contribution in [0.2, 0.25) is 0 Å². The number of carboxylic acids is 1. The third-order valence-corrected chi connectivity index (χ3v) is 4.65. The summed E-state index contributed by atoms with van der Waals surface area (Å²) >= 11 is 0. The van der Waals surface area contributed by atoms with Crippen LogP contribution < -0.4 is 0 Å². The Labute approximate surface area is 151 Å². The molecule has 142 valence electrons. The molecule has 0 atom stereocenters. The van der Waals surface area contributed by atoms with Gasteiger partial charge in [-0.1, -0.05) is 96.1 Å². The van der Waals surface area contributed by atoms with E-state index in [-0.39, 0.29) is 0 Å². The fourth-order valence-corrected chi connectivity index (χ4v) is 3.05. The second-order valence-electron chi connectivity index (χ2n) is 7.14. The van der Waals surface area contributed by atoms with Crippen LogP contribution in [0.3, 0.4) is 0 Å². The maximum Gasteiger partial charge on any atom is 0.303 e. The fourth-order valence-electron chi connectivity index (χ4n) is 3.05. The van der Waals surface area contributed by atoms with Crippen molar-refractivity contribution in [3.8, 4) is 0 Å². The van der Waals surface area contributed by atoms with Crippen LogP contribution in [0, 0.1) is 0 Å². The first-order valence-electron chi connectivity index (χ1n) is 10.6. The highest BCUT2D eigenvalue weighted by atomic mass is 16.4. The Balaban J connectivity index is 3.06. The zero-order chi connectivity index (χ0) is 17.7. The van der Waals surface area contributed by atoms with E-state index in [2.05, 4.69) is 19.1 Å². The molecule has 0 aromatic rings. The van der Waals surface area contributed by atoms with Gasteiger partial charge in [0.2, 0.25) is 0 Å². The van der Waals surface area contributed by atoms with Gasteiger partial charge in [0.25, 0.3) is 0 Å². The van der Waals surface area contributed by atoms with Gasteiger partial charge in [0, 0.05) is 6.42 Å². The summed E-state index contributed by atoms with van der Waals surface area (Å²) in [7, 11) is 0. The van der Waals surface area contributed by atoms with Gasteiger partial charge in [-0.25, -0.2) is 0 Å². The van der Waals surface area contributed by atoms with Crippen LogP contribution in [-0.2, 0) is 4.79 Å². The predicted molar refractivity (Wildman–Crippen MR) is 106 cm³/mol. The van der Waals surface area contributed by atoms with Crippen molar-refractivity contribution in [2.24, 2.45) is 0 Å². The summed E-state index contributed by atoms with van der Waals surface area (Å²) in [5.41, 5.74) is 0. The molecule has 0 aliphatic carbocycles. The summed E-state index contributed by atoms with van der Waals surface area (Å²) in [5, 5.41) is 8.54. The Morgan fingerprint density at radius 1 is 0.625 bits per heavy atom. The first kappa shape index (κ1) is 23.2. The largest absolute Gasteiger partial charge is 0.481 e. The quantitative estimate of drug-likeness (QED) is 0.194. The lowest BCUT2D eigenvalue weighted by Gasteiger charge is -2.02. The van der Waals surface area contributed by atoms with Gasteiger partial charge in [0.05, 0.1) is 0 Å². The molecule has 0 aliphatic rings. The van der Waals surface area contributed by atoms with Crippen LogP contribution in [0.5, 0.6) is 0 Å². The van der Waals surface area contributed by atoms with Crippen molar-refractivity contribution in [3.63, 3.8) is 0 Å². The lowest BCUT2D eigenvalue weighted by atomic mass is 10.0. The first-order valence-corrected chi connectivity index (χ1v) is 10.6. The highest BCUT2D eigenvalue weighted by molar-refractivity contribution is 5.66. The lowest BCUT2D eigenvalue weighted by molar-refractivity contribution is -0.137. The van der Waals surface area contributed by atoms with Crippen molar-refractivity contribution in [2.45, 2.75) is 122 Å². The number of allylic oxidation sites excluding steroid dienone is 2. The highest BCUT2D eigenvalue weighted by Crippen LogP contribution is 2.12. The average molecular weight is 339 g/mol. The van der Waals surface area contributed by atoms with E-state index in [0.717, 1.165) is 25.7 Å². The van der Waals surface area contributed by atoms with Crippen LogP contribution in [0.25, 0.3) is 0 Å². The molecule has 0 rings (SSSR count). The second-order valence-corrected chi connectivity index (χ2v) is 7.14. The van der Waals surface area contributed by atoms with E-state index in [0.29, 0.717) is 6.42 Å². The molecule has 0 aromatic heterocycles. The summed E-state index contributed by atoms with van der Waals surface area (Å²) in [4.78, 5) is 10.4. The minimum Gasteiger partial charge on any atom is -0.481 e. The molecular weight excluding hydrogens is 296 g/mol. The van der Waals surface area contributed by atoms with Crippen molar-refractivity contribution in [1.29, 1.82) is 0 Å². The van der Waals surface area contributed by atoms with E-state index in [9.17, 15) is 4.79 Å². The third-order valence-electron chi connectivity index (χ3n) is 4.65. The van der Waals surface area contributed by atoms with Crippen LogP contribution in [-0.4, -0.2) is 11.1 Å². The molecule has 0 bridgehead atoms. The van der Waals surface area contributed by atoms with Crippen LogP contribution in [0.1, 0.15) is 122 Å². The summed E-state index contributed by atoms with van der Waals surface area (Å²) in [6, 6.07) is 0. The van der Waals surface area contributed by atoms with Crippen molar-refractivity contribution >= 4 is 5.97 Å². The fraction of sp³-hybridized carbons (Fsp3) is 0.864. The average Bonchev–Trinajstić information content (AvgIpc) is 2.56. The smallest absolute Gasteiger partial charge is 0.303 e. The van der Waals surface area contributed by atoms with Crippen LogP contribution in [0.15, 0.2) is 12.2 Å². The molecule has 2 heteroatoms. The number of rotatable bonds is 19. The van der Waals surface area contributed by atoms with Gasteiger partial charge in [-0.3, -0.25) is 4.79 Å². The first-order chi connectivity index (χ1) is 11.8. The molecule has 0 aromatic carbocycles. The second kappa shape index (κ2) is 20.3. The predicted octanol–water partition coefficient (Wildman–Crippen LogP) is 7.67. The summed E-state index contributed by atoms with van der Waals surface area (Å²) in [5.74, 6) is -0.669. The normalized spacial score (nSPS) is 11.4. The molecule has 0 amide bonds. The number of carboxylic acid groups (broad SMARTS) is 1. The molecule has 0 saturated carbocycles. The maximum atomic E-state index is 10.4.